The lowest BCUT2D eigenvalue weighted by Gasteiger charge is -2.27. The van der Waals surface area contributed by atoms with Crippen LogP contribution in [0.5, 0.6) is 0 Å². The molecule has 8 nitrogen and oxygen atoms in total. The molecule has 0 atom stereocenters. The second-order valence-corrected chi connectivity index (χ2v) is 7.04. The highest BCUT2D eigenvalue weighted by atomic mass is 32.1. The van der Waals surface area contributed by atoms with E-state index in [1.165, 1.54) is 0 Å². The first kappa shape index (κ1) is 16.9. The van der Waals surface area contributed by atoms with E-state index in [0.29, 0.717) is 32.7 Å². The van der Waals surface area contributed by atoms with Gasteiger partial charge < -0.3 is 15.0 Å². The molecule has 1 fully saturated rings. The van der Waals surface area contributed by atoms with Crippen LogP contribution < -0.4 is 10.2 Å². The standard InChI is InChI=1S/C17H20N6O2S/c24-15(10-13-2-1-9-26-13)18-3-4-23-17-14(11-21-23)16(19-12-20-17)22-5-7-25-8-6-22/h1-2,9,11-12H,3-8,10H2,(H,18,24). The molecule has 1 saturated heterocycles. The molecule has 0 radical (unpaired) electrons. The van der Waals surface area contributed by atoms with Crippen molar-refractivity contribution in [1.82, 2.24) is 25.1 Å². The minimum absolute atomic E-state index is 0.0209. The summed E-state index contributed by atoms with van der Waals surface area (Å²) in [6, 6.07) is 3.92. The van der Waals surface area contributed by atoms with Crippen molar-refractivity contribution in [1.29, 1.82) is 0 Å². The number of nitrogens with one attached hydrogen (secondary N) is 1. The fourth-order valence-corrected chi connectivity index (χ4v) is 3.71. The first-order valence-electron chi connectivity index (χ1n) is 8.59. The minimum Gasteiger partial charge on any atom is -0.378 e. The van der Waals surface area contributed by atoms with Gasteiger partial charge in [-0.2, -0.15) is 5.10 Å². The average Bonchev–Trinajstić information content (AvgIpc) is 3.32. The predicted octanol–water partition coefficient (Wildman–Crippen LogP) is 1.08. The molecule has 1 aliphatic rings. The number of morpholine rings is 1. The summed E-state index contributed by atoms with van der Waals surface area (Å²) in [4.78, 5) is 24.1. The number of hydrogen-bond donors (Lipinski definition) is 1. The quantitative estimate of drug-likeness (QED) is 0.697. The van der Waals surface area contributed by atoms with Gasteiger partial charge in [-0.25, -0.2) is 14.6 Å². The number of nitrogens with zero attached hydrogens (tertiary/aromatic N) is 5. The zero-order chi connectivity index (χ0) is 17.8. The predicted molar refractivity (Wildman–Crippen MR) is 99.4 cm³/mol. The lowest BCUT2D eigenvalue weighted by molar-refractivity contribution is -0.120. The highest BCUT2D eigenvalue weighted by molar-refractivity contribution is 7.10. The van der Waals surface area contributed by atoms with Crippen LogP contribution in [0.4, 0.5) is 5.82 Å². The third-order valence-electron chi connectivity index (χ3n) is 4.28. The fraction of sp³-hybridized carbons (Fsp3) is 0.412. The Kier molecular flexibility index (Phi) is 5.07. The Morgan fingerprint density at radius 2 is 2.19 bits per heavy atom. The average molecular weight is 372 g/mol. The Morgan fingerprint density at radius 3 is 3.00 bits per heavy atom. The van der Waals surface area contributed by atoms with E-state index in [0.717, 1.165) is 34.8 Å². The Hall–Kier alpha value is -2.52. The number of fused-ring (bicyclic) bond motifs is 1. The molecular weight excluding hydrogens is 352 g/mol. The maximum absolute atomic E-state index is 12.0. The third kappa shape index (κ3) is 3.68. The molecule has 0 saturated carbocycles. The maximum Gasteiger partial charge on any atom is 0.225 e. The van der Waals surface area contributed by atoms with Crippen molar-refractivity contribution in [2.45, 2.75) is 13.0 Å². The largest absolute Gasteiger partial charge is 0.378 e. The maximum atomic E-state index is 12.0. The van der Waals surface area contributed by atoms with Gasteiger partial charge in [-0.3, -0.25) is 4.79 Å². The molecule has 4 heterocycles. The molecule has 0 aliphatic carbocycles. The summed E-state index contributed by atoms with van der Waals surface area (Å²) in [5.74, 6) is 0.916. The molecular formula is C17H20N6O2S. The molecule has 0 spiro atoms. The van der Waals surface area contributed by atoms with Gasteiger partial charge in [0.2, 0.25) is 5.91 Å². The van der Waals surface area contributed by atoms with Gasteiger partial charge in [0, 0.05) is 24.5 Å². The van der Waals surface area contributed by atoms with Crippen molar-refractivity contribution in [3.63, 3.8) is 0 Å². The number of amides is 1. The smallest absolute Gasteiger partial charge is 0.225 e. The van der Waals surface area contributed by atoms with E-state index in [-0.39, 0.29) is 5.91 Å². The number of anilines is 1. The van der Waals surface area contributed by atoms with E-state index < -0.39 is 0 Å². The van der Waals surface area contributed by atoms with Gasteiger partial charge in [0.05, 0.1) is 37.8 Å². The molecule has 0 aromatic carbocycles. The molecule has 1 N–H and O–H groups in total. The molecule has 4 rings (SSSR count). The summed E-state index contributed by atoms with van der Waals surface area (Å²) in [5.41, 5.74) is 0.786. The van der Waals surface area contributed by atoms with Gasteiger partial charge in [0.15, 0.2) is 5.65 Å². The second kappa shape index (κ2) is 7.79. The Morgan fingerprint density at radius 1 is 1.31 bits per heavy atom. The van der Waals surface area contributed by atoms with Crippen LogP contribution in [-0.4, -0.2) is 58.5 Å². The van der Waals surface area contributed by atoms with Crippen LogP contribution in [0.1, 0.15) is 4.88 Å². The number of hydrogen-bond acceptors (Lipinski definition) is 7. The zero-order valence-corrected chi connectivity index (χ0v) is 15.1. The number of aromatic nitrogens is 4. The van der Waals surface area contributed by atoms with Crippen LogP contribution in [0.25, 0.3) is 11.0 Å². The summed E-state index contributed by atoms with van der Waals surface area (Å²) >= 11 is 1.59. The summed E-state index contributed by atoms with van der Waals surface area (Å²) in [6.07, 6.45) is 3.79. The first-order chi connectivity index (χ1) is 12.8. The van der Waals surface area contributed by atoms with Crippen LogP contribution in [0.2, 0.25) is 0 Å². The third-order valence-corrected chi connectivity index (χ3v) is 5.16. The van der Waals surface area contributed by atoms with Crippen LogP contribution in [0, 0.1) is 0 Å². The second-order valence-electron chi connectivity index (χ2n) is 6.01. The number of rotatable bonds is 6. The number of ether oxygens (including phenoxy) is 1. The fourth-order valence-electron chi connectivity index (χ4n) is 3.01. The van der Waals surface area contributed by atoms with Crippen LogP contribution >= 0.6 is 11.3 Å². The van der Waals surface area contributed by atoms with Crippen molar-refractivity contribution in [2.75, 3.05) is 37.7 Å². The Labute approximate surface area is 154 Å². The summed E-state index contributed by atoms with van der Waals surface area (Å²) in [7, 11) is 0. The SMILES string of the molecule is O=C(Cc1cccs1)NCCn1ncc2c(N3CCOCC3)ncnc21. The van der Waals surface area contributed by atoms with Gasteiger partial charge in [-0.1, -0.05) is 6.07 Å². The zero-order valence-electron chi connectivity index (χ0n) is 14.3. The van der Waals surface area contributed by atoms with Crippen molar-refractivity contribution < 1.29 is 9.53 Å². The molecule has 1 amide bonds. The Bertz CT molecular complexity index is 873. The lowest BCUT2D eigenvalue weighted by atomic mass is 10.3. The lowest BCUT2D eigenvalue weighted by Crippen LogP contribution is -2.36. The topological polar surface area (TPSA) is 85.2 Å². The van der Waals surface area contributed by atoms with Crippen LogP contribution in [0.15, 0.2) is 30.0 Å². The van der Waals surface area contributed by atoms with E-state index in [9.17, 15) is 4.79 Å². The number of thiophene rings is 1. The Balaban J connectivity index is 1.40. The van der Waals surface area contributed by atoms with E-state index in [1.54, 1.807) is 23.9 Å². The summed E-state index contributed by atoms with van der Waals surface area (Å²) < 4.78 is 7.22. The molecule has 0 unspecified atom stereocenters. The highest BCUT2D eigenvalue weighted by Gasteiger charge is 2.17. The van der Waals surface area contributed by atoms with E-state index in [2.05, 4.69) is 25.3 Å². The van der Waals surface area contributed by atoms with E-state index in [4.69, 9.17) is 4.74 Å². The van der Waals surface area contributed by atoms with Crippen molar-refractivity contribution in [3.05, 3.63) is 34.9 Å². The number of carbonyl (C=O) groups is 1. The van der Waals surface area contributed by atoms with Crippen LogP contribution in [-0.2, 0) is 22.5 Å². The van der Waals surface area contributed by atoms with Crippen molar-refractivity contribution >= 4 is 34.1 Å². The first-order valence-corrected chi connectivity index (χ1v) is 9.47. The van der Waals surface area contributed by atoms with Gasteiger partial charge in [-0.05, 0) is 11.4 Å². The molecule has 3 aromatic heterocycles. The summed E-state index contributed by atoms with van der Waals surface area (Å²) in [6.45, 7) is 4.12. The molecule has 1 aliphatic heterocycles. The van der Waals surface area contributed by atoms with E-state index in [1.807, 2.05) is 22.2 Å². The minimum atomic E-state index is 0.0209. The van der Waals surface area contributed by atoms with Gasteiger partial charge >= 0.3 is 0 Å². The molecule has 26 heavy (non-hydrogen) atoms. The van der Waals surface area contributed by atoms with Gasteiger partial charge in [0.25, 0.3) is 0 Å². The van der Waals surface area contributed by atoms with Crippen LogP contribution in [0.3, 0.4) is 0 Å². The van der Waals surface area contributed by atoms with Gasteiger partial charge in [0.1, 0.15) is 12.1 Å². The summed E-state index contributed by atoms with van der Waals surface area (Å²) in [5, 5.41) is 10.3. The molecule has 0 bridgehead atoms. The van der Waals surface area contributed by atoms with Crippen molar-refractivity contribution in [3.8, 4) is 0 Å². The van der Waals surface area contributed by atoms with E-state index >= 15 is 0 Å². The highest BCUT2D eigenvalue weighted by Crippen LogP contribution is 2.23. The monoisotopic (exact) mass is 372 g/mol. The molecule has 3 aromatic rings. The normalized spacial score (nSPS) is 14.7. The van der Waals surface area contributed by atoms with Crippen molar-refractivity contribution in [2.24, 2.45) is 0 Å². The van der Waals surface area contributed by atoms with Gasteiger partial charge in [-0.15, -0.1) is 11.3 Å². The molecule has 136 valence electrons. The molecule has 9 heteroatoms. The number of carbonyl (C=O) groups excluding carboxylic acids is 1.